The highest BCUT2D eigenvalue weighted by molar-refractivity contribution is 9.10. The number of hydrogen-bond acceptors (Lipinski definition) is 4. The summed E-state index contributed by atoms with van der Waals surface area (Å²) in [5.41, 5.74) is 1.23. The van der Waals surface area contributed by atoms with Gasteiger partial charge in [0.2, 0.25) is 0 Å². The molecule has 5 nitrogen and oxygen atoms in total. The average Bonchev–Trinajstić information content (AvgIpc) is 2.99. The first-order valence-corrected chi connectivity index (χ1v) is 13.3. The summed E-state index contributed by atoms with van der Waals surface area (Å²) in [4.78, 5) is 4.22. The highest BCUT2D eigenvalue weighted by Gasteiger charge is 2.38. The van der Waals surface area contributed by atoms with E-state index in [1.54, 1.807) is 23.0 Å². The minimum atomic E-state index is -2.03. The maximum absolute atomic E-state index is 13.4. The molecule has 0 saturated carbocycles. The first-order valence-electron chi connectivity index (χ1n) is 9.22. The van der Waals surface area contributed by atoms with E-state index in [4.69, 9.17) is 20.8 Å². The number of halogens is 3. The van der Waals surface area contributed by atoms with Crippen molar-refractivity contribution >= 4 is 41.4 Å². The van der Waals surface area contributed by atoms with E-state index in [-0.39, 0.29) is 5.04 Å². The smallest absolute Gasteiger partial charge is 0.192 e. The molecule has 9 heteroatoms. The quantitative estimate of drug-likeness (QED) is 0.366. The van der Waals surface area contributed by atoms with Crippen molar-refractivity contribution in [3.63, 3.8) is 0 Å². The van der Waals surface area contributed by atoms with Gasteiger partial charge in [0.1, 0.15) is 17.1 Å². The summed E-state index contributed by atoms with van der Waals surface area (Å²) in [6.45, 7) is 11.2. The molecule has 3 aromatic rings. The van der Waals surface area contributed by atoms with Crippen LogP contribution in [0, 0.1) is 5.82 Å². The Morgan fingerprint density at radius 1 is 1.28 bits per heavy atom. The Kier molecular flexibility index (Phi) is 6.38. The van der Waals surface area contributed by atoms with Gasteiger partial charge in [-0.3, -0.25) is 4.98 Å². The van der Waals surface area contributed by atoms with Crippen LogP contribution < -0.4 is 4.74 Å². The molecule has 0 radical (unpaired) electrons. The summed E-state index contributed by atoms with van der Waals surface area (Å²) in [7, 11) is -2.03. The normalized spacial score (nSPS) is 13.7. The molecule has 0 spiro atoms. The van der Waals surface area contributed by atoms with Crippen molar-refractivity contribution in [1.29, 1.82) is 0 Å². The fraction of sp³-hybridized carbons (Fsp3) is 0.400. The summed E-state index contributed by atoms with van der Waals surface area (Å²) in [5, 5.41) is 4.76. The number of aromatic nitrogens is 3. The summed E-state index contributed by atoms with van der Waals surface area (Å²) in [6.07, 6.45) is 4.01. The van der Waals surface area contributed by atoms with E-state index in [1.807, 2.05) is 6.07 Å². The third-order valence-corrected chi connectivity index (χ3v) is 10.5. The van der Waals surface area contributed by atoms with E-state index in [2.05, 4.69) is 59.9 Å². The molecule has 0 amide bonds. The van der Waals surface area contributed by atoms with Crippen molar-refractivity contribution in [3.8, 4) is 5.75 Å². The molecule has 0 aliphatic rings. The van der Waals surface area contributed by atoms with E-state index in [0.717, 1.165) is 4.47 Å². The van der Waals surface area contributed by atoms with Gasteiger partial charge in [0, 0.05) is 10.7 Å². The highest BCUT2D eigenvalue weighted by atomic mass is 79.9. The van der Waals surface area contributed by atoms with Crippen LogP contribution >= 0.6 is 27.5 Å². The molecule has 0 aromatic carbocycles. The van der Waals surface area contributed by atoms with Crippen molar-refractivity contribution in [2.24, 2.45) is 0 Å². The minimum absolute atomic E-state index is 0.0472. The van der Waals surface area contributed by atoms with Crippen molar-refractivity contribution in [2.75, 3.05) is 6.61 Å². The Hall–Kier alpha value is -1.48. The lowest BCUT2D eigenvalue weighted by Gasteiger charge is -2.37. The predicted molar refractivity (Wildman–Crippen MR) is 119 cm³/mol. The summed E-state index contributed by atoms with van der Waals surface area (Å²) in [5.74, 6) is 0.137. The van der Waals surface area contributed by atoms with Crippen LogP contribution in [0.25, 0.3) is 5.52 Å². The topological polar surface area (TPSA) is 48.7 Å². The van der Waals surface area contributed by atoms with Crippen LogP contribution in [0.4, 0.5) is 4.39 Å². The monoisotopic (exact) mass is 499 g/mol. The van der Waals surface area contributed by atoms with E-state index < -0.39 is 20.2 Å². The summed E-state index contributed by atoms with van der Waals surface area (Å²) < 4.78 is 28.5. The van der Waals surface area contributed by atoms with Gasteiger partial charge >= 0.3 is 0 Å². The molecule has 1 atom stereocenters. The van der Waals surface area contributed by atoms with Crippen LogP contribution in [-0.2, 0) is 4.43 Å². The molecule has 3 rings (SSSR count). The van der Waals surface area contributed by atoms with Crippen LogP contribution in [-0.4, -0.2) is 29.5 Å². The SMILES string of the molecule is CC(C)(C)[Si](C)(C)OCC(Oc1cc(Br)cn2ncc(Cl)c12)c1ccc(F)cn1. The molecule has 29 heavy (non-hydrogen) atoms. The number of hydrogen-bond donors (Lipinski definition) is 0. The van der Waals surface area contributed by atoms with Crippen LogP contribution in [0.3, 0.4) is 0 Å². The zero-order valence-corrected chi connectivity index (χ0v) is 20.4. The summed E-state index contributed by atoms with van der Waals surface area (Å²) >= 11 is 9.79. The van der Waals surface area contributed by atoms with Gasteiger partial charge in [-0.15, -0.1) is 0 Å². The van der Waals surface area contributed by atoms with E-state index in [9.17, 15) is 4.39 Å². The van der Waals surface area contributed by atoms with Gasteiger partial charge in [0.05, 0.1) is 29.7 Å². The van der Waals surface area contributed by atoms with Crippen molar-refractivity contribution in [1.82, 2.24) is 14.6 Å². The van der Waals surface area contributed by atoms with E-state index >= 15 is 0 Å². The molecule has 1 unspecified atom stereocenters. The lowest BCUT2D eigenvalue weighted by Crippen LogP contribution is -2.42. The van der Waals surface area contributed by atoms with Gasteiger partial charge in [-0.1, -0.05) is 32.4 Å². The lowest BCUT2D eigenvalue weighted by molar-refractivity contribution is 0.118. The van der Waals surface area contributed by atoms with Gasteiger partial charge in [-0.25, -0.2) is 8.91 Å². The van der Waals surface area contributed by atoms with Crippen LogP contribution in [0.2, 0.25) is 23.2 Å². The molecule has 3 aromatic heterocycles. The molecular weight excluding hydrogens is 477 g/mol. The maximum atomic E-state index is 13.4. The van der Waals surface area contributed by atoms with Gasteiger partial charge in [0.15, 0.2) is 14.4 Å². The first kappa shape index (κ1) is 22.2. The second kappa shape index (κ2) is 8.33. The molecule has 156 valence electrons. The van der Waals surface area contributed by atoms with Crippen LogP contribution in [0.15, 0.2) is 41.3 Å². The Balaban J connectivity index is 1.96. The fourth-order valence-electron chi connectivity index (χ4n) is 2.52. The second-order valence-corrected chi connectivity index (χ2v) is 14.5. The predicted octanol–water partition coefficient (Wildman–Crippen LogP) is 6.43. The van der Waals surface area contributed by atoms with Crippen molar-refractivity contribution in [3.05, 3.63) is 57.8 Å². The second-order valence-electron chi connectivity index (χ2n) is 8.39. The molecular formula is C20H24BrClFN3O2Si. The maximum Gasteiger partial charge on any atom is 0.192 e. The largest absolute Gasteiger partial charge is 0.479 e. The molecule has 3 heterocycles. The molecule has 0 aliphatic carbocycles. The summed E-state index contributed by atoms with van der Waals surface area (Å²) in [6, 6.07) is 4.81. The Labute approximate surface area is 184 Å². The lowest BCUT2D eigenvalue weighted by atomic mass is 10.2. The van der Waals surface area contributed by atoms with E-state index in [1.165, 1.54) is 12.3 Å². The van der Waals surface area contributed by atoms with Gasteiger partial charge in [-0.05, 0) is 52.3 Å². The van der Waals surface area contributed by atoms with Crippen LogP contribution in [0.5, 0.6) is 5.75 Å². The molecule has 0 fully saturated rings. The zero-order chi connectivity index (χ0) is 21.4. The number of rotatable bonds is 6. The van der Waals surface area contributed by atoms with Crippen LogP contribution in [0.1, 0.15) is 32.6 Å². The Morgan fingerprint density at radius 3 is 2.62 bits per heavy atom. The highest BCUT2D eigenvalue weighted by Crippen LogP contribution is 2.38. The fourth-order valence-corrected chi connectivity index (χ4v) is 4.14. The van der Waals surface area contributed by atoms with Crippen molar-refractivity contribution < 1.29 is 13.6 Å². The average molecular weight is 501 g/mol. The molecule has 0 saturated heterocycles. The van der Waals surface area contributed by atoms with E-state index in [0.29, 0.717) is 28.6 Å². The molecule has 0 aliphatic heterocycles. The third-order valence-electron chi connectivity index (χ3n) is 5.25. The Bertz CT molecular complexity index is 1010. The number of fused-ring (bicyclic) bond motifs is 1. The Morgan fingerprint density at radius 2 is 2.00 bits per heavy atom. The molecule has 0 bridgehead atoms. The third kappa shape index (κ3) is 4.99. The standard InChI is InChI=1S/C20H24BrClFN3O2Si/c1-20(2,3)29(4,5)27-12-18(16-7-6-14(23)9-24-16)28-17-8-13(21)11-26-19(17)15(22)10-25-26/h6-11,18H,12H2,1-5H3. The van der Waals surface area contributed by atoms with Crippen molar-refractivity contribution in [2.45, 2.75) is 45.0 Å². The number of pyridine rings is 2. The van der Waals surface area contributed by atoms with Gasteiger partial charge in [0.25, 0.3) is 0 Å². The zero-order valence-electron chi connectivity index (χ0n) is 17.0. The van der Waals surface area contributed by atoms with Gasteiger partial charge in [-0.2, -0.15) is 5.10 Å². The number of ether oxygens (including phenoxy) is 1. The van der Waals surface area contributed by atoms with Gasteiger partial charge < -0.3 is 9.16 Å². The molecule has 0 N–H and O–H groups in total. The first-order chi connectivity index (χ1) is 13.5. The number of nitrogens with zero attached hydrogens (tertiary/aromatic N) is 3. The minimum Gasteiger partial charge on any atom is -0.479 e.